The number of aromatic nitrogens is 4. The zero-order chi connectivity index (χ0) is 81.0. The van der Waals surface area contributed by atoms with Crippen molar-refractivity contribution in [2.45, 2.75) is 34.6 Å². The van der Waals surface area contributed by atoms with Crippen molar-refractivity contribution in [3.63, 3.8) is 0 Å². The number of phenols is 4. The molecule has 0 saturated heterocycles. The number of aromatic hydroxyl groups is 4. The van der Waals surface area contributed by atoms with Crippen LogP contribution >= 0.6 is 34.3 Å². The third kappa shape index (κ3) is 20.8. The van der Waals surface area contributed by atoms with E-state index in [4.69, 9.17) is 50.6 Å². The summed E-state index contributed by atoms with van der Waals surface area (Å²) in [5.74, 6) is 4.47. The number of aryl methyl sites for hydroxylation is 5. The van der Waals surface area contributed by atoms with Crippen molar-refractivity contribution < 1.29 is 97.4 Å². The molecule has 0 aliphatic rings. The zero-order valence-electron chi connectivity index (χ0n) is 59.3. The molecule has 0 saturated carbocycles. The van der Waals surface area contributed by atoms with Crippen molar-refractivity contribution in [1.82, 2.24) is 31.1 Å². The summed E-state index contributed by atoms with van der Waals surface area (Å²) in [5, 5.41) is 112. The number of nitro groups is 5. The molecular formula is C69H65ClN12O25S2. The second-order valence-electron chi connectivity index (χ2n) is 22.1. The first-order valence-corrected chi connectivity index (χ1v) is 32.7. The normalized spacial score (nSPS) is 10.3. The van der Waals surface area contributed by atoms with Gasteiger partial charge in [-0.15, -0.1) is 20.4 Å². The van der Waals surface area contributed by atoms with Crippen LogP contribution in [-0.2, 0) is 0 Å². The summed E-state index contributed by atoms with van der Waals surface area (Å²) in [7, 11) is 10.3. The van der Waals surface area contributed by atoms with Gasteiger partial charge in [0.2, 0.25) is 0 Å². The van der Waals surface area contributed by atoms with E-state index >= 15 is 0 Å². The number of nitrogens with two attached hydrogens (primary N) is 1. The van der Waals surface area contributed by atoms with E-state index in [1.165, 1.54) is 114 Å². The maximum atomic E-state index is 12.4. The van der Waals surface area contributed by atoms with Crippen LogP contribution in [-0.4, -0.2) is 145 Å². The van der Waals surface area contributed by atoms with Crippen molar-refractivity contribution in [3.8, 4) is 106 Å². The molecule has 0 spiro atoms. The summed E-state index contributed by atoms with van der Waals surface area (Å²) in [6.45, 7) is 8.35. The molecule has 0 aliphatic heterocycles. The lowest BCUT2D eigenvalue weighted by molar-refractivity contribution is -0.385. The maximum Gasteiger partial charge on any atom is 0.283 e. The molecule has 10 aromatic rings. The lowest BCUT2D eigenvalue weighted by Gasteiger charge is -2.11. The van der Waals surface area contributed by atoms with Gasteiger partial charge in [-0.05, 0) is 141 Å². The van der Waals surface area contributed by atoms with Gasteiger partial charge < -0.3 is 58.9 Å². The molecule has 2 heterocycles. The highest BCUT2D eigenvalue weighted by Gasteiger charge is 2.28. The number of benzene rings is 8. The van der Waals surface area contributed by atoms with Gasteiger partial charge >= 0.3 is 0 Å². The summed E-state index contributed by atoms with van der Waals surface area (Å²) < 4.78 is 35.8. The number of carbonyl (C=O) groups is 4. The van der Waals surface area contributed by atoms with E-state index in [0.29, 0.717) is 88.7 Å². The van der Waals surface area contributed by atoms with Crippen LogP contribution in [0.5, 0.6) is 63.2 Å². The van der Waals surface area contributed by atoms with E-state index in [2.05, 4.69) is 25.7 Å². The number of methoxy groups -OCH3 is 7. The van der Waals surface area contributed by atoms with Crippen molar-refractivity contribution in [2.75, 3.05) is 56.3 Å². The fraction of sp³-hybridized carbons (Fsp3) is 0.188. The minimum atomic E-state index is -0.875. The van der Waals surface area contributed by atoms with Gasteiger partial charge in [-0.3, -0.25) is 75.2 Å². The van der Waals surface area contributed by atoms with Gasteiger partial charge in [0.25, 0.3) is 45.5 Å². The van der Waals surface area contributed by atoms with E-state index in [1.54, 1.807) is 65.3 Å². The van der Waals surface area contributed by atoms with Gasteiger partial charge in [-0.2, -0.15) is 0 Å². The van der Waals surface area contributed by atoms with Crippen LogP contribution in [0.4, 0.5) is 28.4 Å². The van der Waals surface area contributed by atoms with E-state index < -0.39 is 59.7 Å². The van der Waals surface area contributed by atoms with Crippen LogP contribution in [0.15, 0.2) is 115 Å². The second-order valence-corrected chi connectivity index (χ2v) is 24.4. The van der Waals surface area contributed by atoms with E-state index in [0.717, 1.165) is 40.2 Å². The highest BCUT2D eigenvalue weighted by molar-refractivity contribution is 7.18. The second kappa shape index (κ2) is 37.8. The predicted molar refractivity (Wildman–Crippen MR) is 395 cm³/mol. The molecule has 0 radical (unpaired) electrons. The van der Waals surface area contributed by atoms with Gasteiger partial charge in [0.15, 0.2) is 61.8 Å². The molecule has 2 aromatic heterocycles. The van der Waals surface area contributed by atoms with Crippen LogP contribution in [0.3, 0.4) is 0 Å². The third-order valence-corrected chi connectivity index (χ3v) is 17.6. The Morgan fingerprint density at radius 1 is 0.404 bits per heavy atom. The SMILES string of the molecule is COc1cc(C(=O)Cl)c([N+](=O)[O-])cc1C.COc1cc(C(=O)NCC(=O)c2ccc(OC)c(OC)c2)c([N+](=O)[O-])cc1C.COc1cc(C(=O)NN)c([N+](=O)[O-])cc1C.COc1ccc(-c2nnc(-c3cc(C)c(C)cc3[N+](=O)[O-])s2)cc1OC.O=[N+]([O-])c1cc(O)c(O)cc1-c1nnc(-c2ccc(O)c(O)c2)s1. The zero-order valence-corrected chi connectivity index (χ0v) is 61.7. The quantitative estimate of drug-likeness (QED) is 0.00630. The molecule has 40 heteroatoms. The molecule has 0 fully saturated rings. The predicted octanol–water partition coefficient (Wildman–Crippen LogP) is 12.4. The molecule has 8 aromatic carbocycles. The fourth-order valence-electron chi connectivity index (χ4n) is 9.63. The fourth-order valence-corrected chi connectivity index (χ4v) is 11.5. The molecule has 37 nitrogen and oxygen atoms in total. The van der Waals surface area contributed by atoms with E-state index in [1.807, 2.05) is 25.3 Å². The number of hydrogen-bond donors (Lipinski definition) is 7. The number of phenolic OH excluding ortho intramolecular Hbond substituents is 4. The number of carbonyl (C=O) groups excluding carboxylic acids is 4. The van der Waals surface area contributed by atoms with Crippen molar-refractivity contribution in [2.24, 2.45) is 5.84 Å². The largest absolute Gasteiger partial charge is 0.504 e. The summed E-state index contributed by atoms with van der Waals surface area (Å²) in [4.78, 5) is 99.2. The molecule has 0 aliphatic carbocycles. The van der Waals surface area contributed by atoms with E-state index in [-0.39, 0.29) is 73.0 Å². The lowest BCUT2D eigenvalue weighted by Crippen LogP contribution is -2.30. The van der Waals surface area contributed by atoms with Crippen LogP contribution in [0.1, 0.15) is 69.2 Å². The first-order valence-electron chi connectivity index (χ1n) is 30.7. The molecule has 8 N–H and O–H groups in total. The summed E-state index contributed by atoms with van der Waals surface area (Å²) in [5.41, 5.74) is 5.52. The molecular weight excluding hydrogens is 1500 g/mol. The topological polar surface area (TPSA) is 531 Å². The Labute approximate surface area is 629 Å². The van der Waals surface area contributed by atoms with Crippen LogP contribution in [0.2, 0.25) is 0 Å². The summed E-state index contributed by atoms with van der Waals surface area (Å²) in [6.07, 6.45) is 0. The van der Waals surface area contributed by atoms with Gasteiger partial charge in [0.05, 0.1) is 98.1 Å². The lowest BCUT2D eigenvalue weighted by atomic mass is 10.0. The number of ketones is 1. The minimum Gasteiger partial charge on any atom is -0.504 e. The molecule has 2 amide bonds. The number of hydrogen-bond acceptors (Lipinski definition) is 32. The Morgan fingerprint density at radius 2 is 0.761 bits per heavy atom. The Bertz CT molecular complexity index is 5170. The number of nitrogens with zero attached hydrogens (tertiary/aromatic N) is 9. The Kier molecular flexibility index (Phi) is 29.2. The Hall–Kier alpha value is -13.8. The minimum absolute atomic E-state index is 0.00190. The number of Topliss-reactive ketones (excluding diaryl/α,β-unsaturated/α-hetero) is 1. The number of hydrazine groups is 1. The standard InChI is InChI=1S/C19H20N2O7.C18H17N3O4S.C14H9N3O6S.C9H8ClNO4.C9H11N3O4/c1-11-7-14(21(24)25)13(9-17(11)27-3)19(23)20-10-15(22)12-5-6-16(26-2)18(8-12)28-4;1-10-7-13(14(21(22)23)8-11(10)2)18-20-19-17(26-18)12-5-6-15(24-3)16(9-12)25-4;18-9-2-1-6(3-10(9)19)13-15-16-14(24-13)7-4-11(20)12(21)5-8(7)17(22)23;1-5-3-7(11(13)14)6(9(10)12)4-8(5)15-2;1-5-3-7(12(14)15)6(9(13)11-10)4-8(5)16-2/h5-9H,10H2,1-4H3,(H,20,23);5-9H,1-4H3;1-5,18-21H;3-4H,1-2H3;3-4H,10H2,1-2H3,(H,11,13). The summed E-state index contributed by atoms with van der Waals surface area (Å²) in [6, 6.07) is 26.9. The van der Waals surface area contributed by atoms with Gasteiger partial charge in [0.1, 0.15) is 44.0 Å². The van der Waals surface area contributed by atoms with Crippen LogP contribution in [0, 0.1) is 85.2 Å². The smallest absolute Gasteiger partial charge is 0.283 e. The highest BCUT2D eigenvalue weighted by Crippen LogP contribution is 2.43. The Morgan fingerprint density at radius 3 is 1.20 bits per heavy atom. The molecule has 0 unspecified atom stereocenters. The molecule has 0 atom stereocenters. The first kappa shape index (κ1) is 84.2. The average molecular weight is 1560 g/mol. The van der Waals surface area contributed by atoms with Crippen LogP contribution in [0.25, 0.3) is 42.3 Å². The number of rotatable bonds is 22. The number of ether oxygens (including phenoxy) is 7. The van der Waals surface area contributed by atoms with Crippen molar-refractivity contribution >= 4 is 85.6 Å². The molecule has 0 bridgehead atoms. The first-order chi connectivity index (χ1) is 51.6. The highest BCUT2D eigenvalue weighted by atomic mass is 35.5. The molecule has 109 heavy (non-hydrogen) atoms. The number of nitro benzene ring substituents is 5. The monoisotopic (exact) mass is 1560 g/mol. The van der Waals surface area contributed by atoms with Gasteiger partial charge in [-0.25, -0.2) is 5.84 Å². The Balaban J connectivity index is 0.000000217. The van der Waals surface area contributed by atoms with E-state index in [9.17, 15) is 90.2 Å². The van der Waals surface area contributed by atoms with Gasteiger partial charge in [-0.1, -0.05) is 22.7 Å². The number of halogens is 1. The average Bonchev–Trinajstić information content (AvgIpc) is 1.54. The summed E-state index contributed by atoms with van der Waals surface area (Å²) >= 11 is 7.52. The number of nitrogens with one attached hydrogen (secondary N) is 2. The third-order valence-electron chi connectivity index (χ3n) is 15.3. The van der Waals surface area contributed by atoms with Crippen LogP contribution < -0.4 is 49.7 Å². The van der Waals surface area contributed by atoms with Crippen molar-refractivity contribution in [1.29, 1.82) is 0 Å². The molecule has 10 rings (SSSR count). The van der Waals surface area contributed by atoms with Gasteiger partial charge in [0, 0.05) is 59.2 Å². The number of nitrogen functional groups attached to an aromatic ring is 1. The molecule has 570 valence electrons. The van der Waals surface area contributed by atoms with Crippen molar-refractivity contribution in [3.05, 3.63) is 216 Å². The maximum absolute atomic E-state index is 12.4. The number of amides is 2.